The number of furan rings is 1. The number of thiazole rings is 1. The second kappa shape index (κ2) is 5.98. The number of nitrogens with one attached hydrogen (secondary N) is 1. The van der Waals surface area contributed by atoms with Gasteiger partial charge in [-0.3, -0.25) is 14.9 Å². The van der Waals surface area contributed by atoms with Crippen molar-refractivity contribution in [3.63, 3.8) is 0 Å². The van der Waals surface area contributed by atoms with Gasteiger partial charge in [-0.25, -0.2) is 4.98 Å². The molecule has 1 amide bonds. The summed E-state index contributed by atoms with van der Waals surface area (Å²) in [5.41, 5.74) is -0.122. The van der Waals surface area contributed by atoms with E-state index in [9.17, 15) is 9.59 Å². The van der Waals surface area contributed by atoms with Crippen LogP contribution in [0.4, 0.5) is 5.13 Å². The van der Waals surface area contributed by atoms with Crippen LogP contribution in [-0.2, 0) is 6.54 Å². The van der Waals surface area contributed by atoms with Crippen molar-refractivity contribution in [2.24, 2.45) is 0 Å². The highest BCUT2D eigenvalue weighted by Crippen LogP contribution is 2.18. The van der Waals surface area contributed by atoms with Gasteiger partial charge in [0.2, 0.25) is 0 Å². The Morgan fingerprint density at radius 1 is 1.36 bits per heavy atom. The SMILES string of the molecule is Cc1cnc(NC(=O)c2ccc(Cn3ccccc3=O)o2)s1. The van der Waals surface area contributed by atoms with Gasteiger partial charge in [0.05, 0.1) is 6.54 Å². The summed E-state index contributed by atoms with van der Waals surface area (Å²) in [5, 5.41) is 3.20. The van der Waals surface area contributed by atoms with E-state index in [1.807, 2.05) is 6.92 Å². The third-order valence-electron chi connectivity index (χ3n) is 2.95. The van der Waals surface area contributed by atoms with Crippen LogP contribution in [0.25, 0.3) is 0 Å². The van der Waals surface area contributed by atoms with Crippen molar-refractivity contribution in [1.29, 1.82) is 0 Å². The lowest BCUT2D eigenvalue weighted by molar-refractivity contribution is 0.0994. The Morgan fingerprint density at radius 2 is 2.23 bits per heavy atom. The third kappa shape index (κ3) is 3.15. The van der Waals surface area contributed by atoms with E-state index in [1.165, 1.54) is 22.0 Å². The Bertz CT molecular complexity index is 863. The predicted octanol–water partition coefficient (Wildman–Crippen LogP) is 2.51. The number of rotatable bonds is 4. The average molecular weight is 315 g/mol. The van der Waals surface area contributed by atoms with Gasteiger partial charge in [-0.2, -0.15) is 0 Å². The predicted molar refractivity (Wildman–Crippen MR) is 83.3 cm³/mol. The van der Waals surface area contributed by atoms with Gasteiger partial charge in [0.1, 0.15) is 5.76 Å². The Kier molecular flexibility index (Phi) is 3.88. The molecule has 0 spiro atoms. The summed E-state index contributed by atoms with van der Waals surface area (Å²) >= 11 is 1.39. The zero-order chi connectivity index (χ0) is 15.5. The molecule has 0 bridgehead atoms. The van der Waals surface area contributed by atoms with E-state index in [1.54, 1.807) is 36.7 Å². The van der Waals surface area contributed by atoms with E-state index >= 15 is 0 Å². The highest BCUT2D eigenvalue weighted by atomic mass is 32.1. The molecule has 0 radical (unpaired) electrons. The van der Waals surface area contributed by atoms with E-state index in [0.29, 0.717) is 10.9 Å². The lowest BCUT2D eigenvalue weighted by Crippen LogP contribution is -2.18. The number of hydrogen-bond donors (Lipinski definition) is 1. The zero-order valence-corrected chi connectivity index (χ0v) is 12.6. The third-order valence-corrected chi connectivity index (χ3v) is 3.78. The molecule has 0 atom stereocenters. The second-order valence-corrected chi connectivity index (χ2v) is 5.90. The number of aryl methyl sites for hydroxylation is 1. The van der Waals surface area contributed by atoms with Crippen LogP contribution in [0.1, 0.15) is 21.2 Å². The minimum atomic E-state index is -0.360. The maximum atomic E-state index is 12.0. The van der Waals surface area contributed by atoms with Gasteiger partial charge in [-0.1, -0.05) is 6.07 Å². The topological polar surface area (TPSA) is 77.1 Å². The largest absolute Gasteiger partial charge is 0.454 e. The molecule has 3 aromatic heterocycles. The summed E-state index contributed by atoms with van der Waals surface area (Å²) in [7, 11) is 0. The first-order valence-corrected chi connectivity index (χ1v) is 7.41. The molecule has 112 valence electrons. The average Bonchev–Trinajstić information content (AvgIpc) is 3.11. The van der Waals surface area contributed by atoms with Crippen LogP contribution in [0, 0.1) is 6.92 Å². The van der Waals surface area contributed by atoms with Crippen LogP contribution >= 0.6 is 11.3 Å². The summed E-state index contributed by atoms with van der Waals surface area (Å²) in [6.45, 7) is 2.19. The first kappa shape index (κ1) is 14.3. The molecule has 1 N–H and O–H groups in total. The maximum absolute atomic E-state index is 12.0. The number of nitrogens with zero attached hydrogens (tertiary/aromatic N) is 2. The first-order chi connectivity index (χ1) is 10.6. The molecule has 0 saturated heterocycles. The molecule has 6 nitrogen and oxygen atoms in total. The van der Waals surface area contributed by atoms with Crippen LogP contribution in [0.5, 0.6) is 0 Å². The first-order valence-electron chi connectivity index (χ1n) is 6.60. The molecule has 0 fully saturated rings. The van der Waals surface area contributed by atoms with E-state index < -0.39 is 0 Å². The summed E-state index contributed by atoms with van der Waals surface area (Å²) < 4.78 is 6.99. The Hall–Kier alpha value is -2.67. The standard InChI is InChI=1S/C15H13N3O3S/c1-10-8-16-15(22-10)17-14(20)12-6-5-11(21-12)9-18-7-3-2-4-13(18)19/h2-8H,9H2,1H3,(H,16,17,20). The Labute approximate surface area is 130 Å². The van der Waals surface area contributed by atoms with Crippen LogP contribution in [0.3, 0.4) is 0 Å². The van der Waals surface area contributed by atoms with Crippen LogP contribution in [0.2, 0.25) is 0 Å². The Balaban J connectivity index is 1.72. The molecule has 0 unspecified atom stereocenters. The smallest absolute Gasteiger partial charge is 0.293 e. The number of amides is 1. The molecule has 3 aromatic rings. The van der Waals surface area contributed by atoms with Gasteiger partial charge in [-0.15, -0.1) is 11.3 Å². The summed E-state index contributed by atoms with van der Waals surface area (Å²) in [4.78, 5) is 28.8. The minimum Gasteiger partial charge on any atom is -0.454 e. The molecular weight excluding hydrogens is 302 g/mol. The quantitative estimate of drug-likeness (QED) is 0.802. The van der Waals surface area contributed by atoms with Crippen molar-refractivity contribution in [1.82, 2.24) is 9.55 Å². The molecule has 0 aromatic carbocycles. The fraction of sp³-hybridized carbons (Fsp3) is 0.133. The maximum Gasteiger partial charge on any atom is 0.293 e. The highest BCUT2D eigenvalue weighted by molar-refractivity contribution is 7.15. The second-order valence-electron chi connectivity index (χ2n) is 4.66. The molecule has 3 rings (SSSR count). The van der Waals surface area contributed by atoms with Crippen molar-refractivity contribution >= 4 is 22.4 Å². The number of pyridine rings is 1. The van der Waals surface area contributed by atoms with Crippen molar-refractivity contribution < 1.29 is 9.21 Å². The molecule has 7 heteroatoms. The van der Waals surface area contributed by atoms with E-state index in [4.69, 9.17) is 4.42 Å². The number of carbonyl (C=O) groups is 1. The molecule has 0 aliphatic rings. The molecule has 0 saturated carbocycles. The monoisotopic (exact) mass is 315 g/mol. The fourth-order valence-corrected chi connectivity index (χ4v) is 2.57. The molecule has 0 aliphatic heterocycles. The van der Waals surface area contributed by atoms with Gasteiger partial charge < -0.3 is 8.98 Å². The number of carbonyl (C=O) groups excluding carboxylic acids is 1. The van der Waals surface area contributed by atoms with Crippen molar-refractivity contribution in [3.8, 4) is 0 Å². The van der Waals surface area contributed by atoms with Gasteiger partial charge in [0.15, 0.2) is 10.9 Å². The molecule has 0 aliphatic carbocycles. The summed E-state index contributed by atoms with van der Waals surface area (Å²) in [6.07, 6.45) is 3.36. The minimum absolute atomic E-state index is 0.122. The number of anilines is 1. The summed E-state index contributed by atoms with van der Waals surface area (Å²) in [5.74, 6) is 0.363. The highest BCUT2D eigenvalue weighted by Gasteiger charge is 2.13. The van der Waals surface area contributed by atoms with Crippen molar-refractivity contribution in [2.75, 3.05) is 5.32 Å². The number of aromatic nitrogens is 2. The lowest BCUT2D eigenvalue weighted by Gasteiger charge is -2.02. The summed E-state index contributed by atoms with van der Waals surface area (Å²) in [6, 6.07) is 8.18. The van der Waals surface area contributed by atoms with Crippen molar-refractivity contribution in [2.45, 2.75) is 13.5 Å². The van der Waals surface area contributed by atoms with Crippen molar-refractivity contribution in [3.05, 3.63) is 69.5 Å². The molecular formula is C15H13N3O3S. The van der Waals surface area contributed by atoms with E-state index in [0.717, 1.165) is 4.88 Å². The molecule has 22 heavy (non-hydrogen) atoms. The van der Waals surface area contributed by atoms with Gasteiger partial charge in [0.25, 0.3) is 11.5 Å². The fourth-order valence-electron chi connectivity index (χ4n) is 1.92. The normalized spacial score (nSPS) is 10.6. The van der Waals surface area contributed by atoms with Gasteiger partial charge in [0, 0.05) is 23.3 Å². The number of hydrogen-bond acceptors (Lipinski definition) is 5. The van der Waals surface area contributed by atoms with Gasteiger partial charge in [-0.05, 0) is 25.1 Å². The molecule has 3 heterocycles. The Morgan fingerprint density at radius 3 is 2.95 bits per heavy atom. The van der Waals surface area contributed by atoms with Crippen LogP contribution in [-0.4, -0.2) is 15.5 Å². The van der Waals surface area contributed by atoms with E-state index in [2.05, 4.69) is 10.3 Å². The van der Waals surface area contributed by atoms with Gasteiger partial charge >= 0.3 is 0 Å². The van der Waals surface area contributed by atoms with Crippen LogP contribution < -0.4 is 10.9 Å². The van der Waals surface area contributed by atoms with E-state index in [-0.39, 0.29) is 23.8 Å². The lowest BCUT2D eigenvalue weighted by atomic mass is 10.4. The zero-order valence-electron chi connectivity index (χ0n) is 11.8. The van der Waals surface area contributed by atoms with Crippen LogP contribution in [0.15, 0.2) is 51.9 Å².